The van der Waals surface area contributed by atoms with E-state index in [1.165, 1.54) is 46.7 Å². The van der Waals surface area contributed by atoms with Crippen LogP contribution in [0.25, 0.3) is 10.2 Å². The molecule has 0 radical (unpaired) electrons. The number of nitro groups is 1. The van der Waals surface area contributed by atoms with Gasteiger partial charge in [-0.3, -0.25) is 24.6 Å². The monoisotopic (exact) mass is 417 g/mol. The predicted octanol–water partition coefficient (Wildman–Crippen LogP) is 0.705. The number of carbonyl (C=O) groups is 3. The van der Waals surface area contributed by atoms with Gasteiger partial charge < -0.3 is 15.1 Å². The number of likely N-dealkylation sites (N-methyl/N-ethyl adjacent to an activating group) is 2. The van der Waals surface area contributed by atoms with Crippen LogP contribution in [0.3, 0.4) is 0 Å². The van der Waals surface area contributed by atoms with Gasteiger partial charge in [0.05, 0.1) is 28.0 Å². The second-order valence-corrected chi connectivity index (χ2v) is 7.59. The van der Waals surface area contributed by atoms with Gasteiger partial charge in [0.25, 0.3) is 11.6 Å². The molecule has 2 unspecified atom stereocenters. The largest absolute Gasteiger partial charge is 0.338 e. The summed E-state index contributed by atoms with van der Waals surface area (Å²) < 4.78 is 0.693. The van der Waals surface area contributed by atoms with Crippen molar-refractivity contribution in [3.8, 4) is 0 Å². The third-order valence-corrected chi connectivity index (χ3v) is 5.68. The molecule has 0 saturated carbocycles. The first-order valence-corrected chi connectivity index (χ1v) is 9.26. The van der Waals surface area contributed by atoms with E-state index >= 15 is 0 Å². The van der Waals surface area contributed by atoms with E-state index in [0.717, 1.165) is 4.90 Å². The van der Waals surface area contributed by atoms with Crippen LogP contribution in [0.1, 0.15) is 0 Å². The number of anilines is 1. The Kier molecular flexibility index (Phi) is 4.38. The molecule has 0 spiro atoms. The normalized spacial score (nSPS) is 21.1. The summed E-state index contributed by atoms with van der Waals surface area (Å²) in [5.41, 5.74) is 0.324. The number of aliphatic imine (C=N–C) groups is 1. The summed E-state index contributed by atoms with van der Waals surface area (Å²) in [5, 5.41) is 13.8. The van der Waals surface area contributed by atoms with Crippen molar-refractivity contribution in [2.75, 3.05) is 26.0 Å². The maximum atomic E-state index is 12.5. The molecule has 1 aromatic carbocycles. The zero-order valence-electron chi connectivity index (χ0n) is 15.3. The maximum absolute atomic E-state index is 12.5. The lowest BCUT2D eigenvalue weighted by molar-refractivity contribution is -0.384. The first-order valence-electron chi connectivity index (χ1n) is 8.44. The number of imide groups is 1. The number of non-ortho nitro benzene ring substituents is 1. The third-order valence-electron chi connectivity index (χ3n) is 4.73. The van der Waals surface area contributed by atoms with Gasteiger partial charge in [0, 0.05) is 26.2 Å². The minimum Gasteiger partial charge on any atom is -0.338 e. The number of nitro benzene ring substituents is 1. The van der Waals surface area contributed by atoms with E-state index in [4.69, 9.17) is 0 Å². The van der Waals surface area contributed by atoms with E-state index in [1.807, 2.05) is 0 Å². The lowest BCUT2D eigenvalue weighted by atomic mass is 10.1. The minimum absolute atomic E-state index is 0.0846. The first-order chi connectivity index (χ1) is 13.8. The van der Waals surface area contributed by atoms with Crippen LogP contribution in [0.5, 0.6) is 0 Å². The standard InChI is InChI=1S/C16H15N7O5S/c1-20-13-12(14(25)21(2)16(20)26)22(7-17-13)6-11(24)19-15-18-9-5-8(23(27)28)3-4-10(9)29-15/h3-5,7,12-13H,6H2,1-2H3,(H,18,19,24). The Balaban J connectivity index is 1.47. The average Bonchev–Trinajstić information content (AvgIpc) is 3.27. The molecule has 2 aromatic rings. The minimum atomic E-state index is -0.772. The molecule has 29 heavy (non-hydrogen) atoms. The Morgan fingerprint density at radius 1 is 1.34 bits per heavy atom. The van der Waals surface area contributed by atoms with Crippen LogP contribution < -0.4 is 5.32 Å². The molecule has 2 aliphatic rings. The van der Waals surface area contributed by atoms with Crippen LogP contribution in [0, 0.1) is 10.1 Å². The zero-order chi connectivity index (χ0) is 20.9. The topological polar surface area (TPSA) is 141 Å². The van der Waals surface area contributed by atoms with Gasteiger partial charge in [-0.2, -0.15) is 0 Å². The second kappa shape index (κ2) is 6.77. The Morgan fingerprint density at radius 3 is 2.83 bits per heavy atom. The number of urea groups is 1. The number of nitrogens with one attached hydrogen (secondary N) is 1. The molecule has 1 aromatic heterocycles. The van der Waals surface area contributed by atoms with Crippen LogP contribution in [0.15, 0.2) is 23.2 Å². The number of amides is 4. The van der Waals surface area contributed by atoms with E-state index in [0.29, 0.717) is 10.2 Å². The summed E-state index contributed by atoms with van der Waals surface area (Å²) in [6.07, 6.45) is 0.708. The van der Waals surface area contributed by atoms with Crippen LogP contribution >= 0.6 is 11.3 Å². The molecular formula is C16H15N7O5S. The molecule has 2 atom stereocenters. The first kappa shape index (κ1) is 18.7. The van der Waals surface area contributed by atoms with Crippen molar-refractivity contribution < 1.29 is 19.3 Å². The summed E-state index contributed by atoms with van der Waals surface area (Å²) in [6, 6.07) is 3.05. The number of hydrogen-bond acceptors (Lipinski definition) is 9. The molecule has 1 saturated heterocycles. The van der Waals surface area contributed by atoms with Gasteiger partial charge >= 0.3 is 6.03 Å². The van der Waals surface area contributed by atoms with E-state index in [1.54, 1.807) is 13.1 Å². The number of hydrogen-bond donors (Lipinski definition) is 1. The molecule has 0 bridgehead atoms. The molecule has 4 amide bonds. The average molecular weight is 417 g/mol. The van der Waals surface area contributed by atoms with Crippen molar-refractivity contribution in [2.45, 2.75) is 12.2 Å². The van der Waals surface area contributed by atoms with Crippen molar-refractivity contribution in [3.63, 3.8) is 0 Å². The molecule has 3 heterocycles. The SMILES string of the molecule is CN1C(=O)C2C(N=CN2CC(=O)Nc2nc3cc([N+](=O)[O-])ccc3s2)N(C)C1=O. The lowest BCUT2D eigenvalue weighted by Crippen LogP contribution is -2.64. The van der Waals surface area contributed by atoms with Gasteiger partial charge in [0.1, 0.15) is 0 Å². The number of benzene rings is 1. The maximum Gasteiger partial charge on any atom is 0.328 e. The van der Waals surface area contributed by atoms with Gasteiger partial charge in [-0.1, -0.05) is 11.3 Å². The van der Waals surface area contributed by atoms with Crippen molar-refractivity contribution in [1.82, 2.24) is 19.7 Å². The molecule has 12 nitrogen and oxygen atoms in total. The summed E-state index contributed by atoms with van der Waals surface area (Å²) in [6.45, 7) is -0.164. The van der Waals surface area contributed by atoms with Gasteiger partial charge in [-0.05, 0) is 6.07 Å². The van der Waals surface area contributed by atoms with Crippen molar-refractivity contribution in [3.05, 3.63) is 28.3 Å². The van der Waals surface area contributed by atoms with Gasteiger partial charge in [0.2, 0.25) is 5.91 Å². The zero-order valence-corrected chi connectivity index (χ0v) is 16.1. The fraction of sp³-hybridized carbons (Fsp3) is 0.312. The summed E-state index contributed by atoms with van der Waals surface area (Å²) in [4.78, 5) is 59.5. The summed E-state index contributed by atoms with van der Waals surface area (Å²) in [5.74, 6) is -0.864. The van der Waals surface area contributed by atoms with Crippen molar-refractivity contribution >= 4 is 56.6 Å². The van der Waals surface area contributed by atoms with Crippen LogP contribution in [-0.4, -0.2) is 81.6 Å². The van der Waals surface area contributed by atoms with Gasteiger partial charge in [0.15, 0.2) is 17.3 Å². The molecular weight excluding hydrogens is 402 g/mol. The number of rotatable bonds is 4. The number of aromatic nitrogens is 1. The molecule has 150 valence electrons. The summed E-state index contributed by atoms with van der Waals surface area (Å²) in [7, 11) is 2.93. The molecule has 1 fully saturated rings. The predicted molar refractivity (Wildman–Crippen MR) is 104 cm³/mol. The Hall–Kier alpha value is -3.61. The van der Waals surface area contributed by atoms with Crippen molar-refractivity contribution in [1.29, 1.82) is 0 Å². The molecule has 0 aliphatic carbocycles. The quantitative estimate of drug-likeness (QED) is 0.570. The fourth-order valence-electron chi connectivity index (χ4n) is 3.25. The Morgan fingerprint density at radius 2 is 2.10 bits per heavy atom. The smallest absolute Gasteiger partial charge is 0.328 e. The Labute approximate surface area is 167 Å². The lowest BCUT2D eigenvalue weighted by Gasteiger charge is -2.39. The molecule has 2 aliphatic heterocycles. The van der Waals surface area contributed by atoms with Crippen molar-refractivity contribution in [2.24, 2.45) is 4.99 Å². The van der Waals surface area contributed by atoms with Crippen LogP contribution in [0.4, 0.5) is 15.6 Å². The number of nitrogens with zero attached hydrogens (tertiary/aromatic N) is 6. The van der Waals surface area contributed by atoms with E-state index in [-0.39, 0.29) is 17.4 Å². The third kappa shape index (κ3) is 3.14. The van der Waals surface area contributed by atoms with E-state index in [2.05, 4.69) is 15.3 Å². The van der Waals surface area contributed by atoms with Gasteiger partial charge in [-0.25, -0.2) is 14.8 Å². The fourth-order valence-corrected chi connectivity index (χ4v) is 4.11. The van der Waals surface area contributed by atoms with E-state index < -0.39 is 35.0 Å². The molecule has 13 heteroatoms. The second-order valence-electron chi connectivity index (χ2n) is 6.56. The molecule has 1 N–H and O–H groups in total. The van der Waals surface area contributed by atoms with Gasteiger partial charge in [-0.15, -0.1) is 0 Å². The van der Waals surface area contributed by atoms with E-state index in [9.17, 15) is 24.5 Å². The highest BCUT2D eigenvalue weighted by atomic mass is 32.1. The highest BCUT2D eigenvalue weighted by Gasteiger charge is 2.48. The number of carbonyl (C=O) groups excluding carboxylic acids is 3. The number of thiazole rings is 1. The molecule has 4 rings (SSSR count). The van der Waals surface area contributed by atoms with Crippen LogP contribution in [0.2, 0.25) is 0 Å². The van der Waals surface area contributed by atoms with Crippen LogP contribution in [-0.2, 0) is 9.59 Å². The number of fused-ring (bicyclic) bond motifs is 2. The summed E-state index contributed by atoms with van der Waals surface area (Å²) >= 11 is 1.18. The highest BCUT2D eigenvalue weighted by molar-refractivity contribution is 7.22. The highest BCUT2D eigenvalue weighted by Crippen LogP contribution is 2.29. The Bertz CT molecular complexity index is 1080.